The molecule has 0 aliphatic rings. The summed E-state index contributed by atoms with van der Waals surface area (Å²) in [7, 11) is 0. The van der Waals surface area contributed by atoms with Gasteiger partial charge in [-0.15, -0.1) is 19.0 Å². The topological polar surface area (TPSA) is 27.1 Å². The number of ether oxygens (including phenoxy) is 1. The Morgan fingerprint density at radius 3 is 2.64 bits per heavy atom. The molecule has 0 fully saturated rings. The van der Waals surface area contributed by atoms with Gasteiger partial charge in [0.05, 0.1) is 11.0 Å². The quantitative estimate of drug-likeness (QED) is 0.535. The normalized spacial score (nSPS) is 10.3. The highest BCUT2D eigenvalue weighted by atomic mass is 35.5. The summed E-state index contributed by atoms with van der Waals surface area (Å²) < 4.78 is 8.24. The predicted molar refractivity (Wildman–Crippen MR) is 106 cm³/mol. The maximum atomic E-state index is 6.07. The number of allylic oxidation sites excluding steroid dienone is 2. The van der Waals surface area contributed by atoms with Crippen LogP contribution in [0, 0.1) is 0 Å². The molecule has 0 aliphatic heterocycles. The molecule has 25 heavy (non-hydrogen) atoms. The minimum atomic E-state index is 0. The minimum absolute atomic E-state index is 0. The summed E-state index contributed by atoms with van der Waals surface area (Å²) in [4.78, 5) is 4.73. The molecule has 130 valence electrons. The van der Waals surface area contributed by atoms with E-state index >= 15 is 0 Å². The van der Waals surface area contributed by atoms with E-state index in [0.717, 1.165) is 46.7 Å². The third-order valence-electron chi connectivity index (χ3n) is 3.86. The molecule has 3 aromatic rings. The number of rotatable bonds is 7. The number of hydrogen-bond donors (Lipinski definition) is 0. The summed E-state index contributed by atoms with van der Waals surface area (Å²) in [5.74, 6) is 1.79. The second-order valence-electron chi connectivity index (χ2n) is 5.95. The van der Waals surface area contributed by atoms with Crippen LogP contribution in [0.5, 0.6) is 5.75 Å². The van der Waals surface area contributed by atoms with Crippen LogP contribution in [0.25, 0.3) is 11.0 Å². The highest BCUT2D eigenvalue weighted by Crippen LogP contribution is 2.22. The van der Waals surface area contributed by atoms with Gasteiger partial charge < -0.3 is 9.30 Å². The molecule has 0 unspecified atom stereocenters. The van der Waals surface area contributed by atoms with Crippen LogP contribution < -0.4 is 4.74 Å². The van der Waals surface area contributed by atoms with E-state index in [1.165, 1.54) is 0 Å². The molecule has 0 N–H and O–H groups in total. The largest absolute Gasteiger partial charge is 0.485 e. The standard InChI is InChI=1S/C21H22N2O.ClH/c1-4-9-17-10-5-8-13-20(17)24-15-21-22-18-11-6-7-12-19(18)23(21)14-16(2)3;/h4-8,10-13H,1-2,9,14-15H2,3H3;1H. The molecule has 0 radical (unpaired) electrons. The number of benzene rings is 2. The van der Waals surface area contributed by atoms with Crippen LogP contribution in [0.1, 0.15) is 18.3 Å². The third kappa shape index (κ3) is 4.31. The molecule has 0 aliphatic carbocycles. The summed E-state index contributed by atoms with van der Waals surface area (Å²) in [5.41, 5.74) is 4.32. The average Bonchev–Trinajstić information content (AvgIpc) is 2.92. The SMILES string of the molecule is C=CCc1ccccc1OCc1nc2ccccc2n1CC(=C)C.Cl. The number of hydrogen-bond acceptors (Lipinski definition) is 2. The van der Waals surface area contributed by atoms with E-state index in [-0.39, 0.29) is 12.4 Å². The number of aromatic nitrogens is 2. The Labute approximate surface area is 155 Å². The molecular formula is C21H23ClN2O. The summed E-state index contributed by atoms with van der Waals surface area (Å²) in [6.07, 6.45) is 2.68. The number of imidazole rings is 1. The van der Waals surface area contributed by atoms with Gasteiger partial charge in [0.25, 0.3) is 0 Å². The zero-order valence-corrected chi connectivity index (χ0v) is 15.3. The van der Waals surface area contributed by atoms with Gasteiger partial charge in [0.15, 0.2) is 0 Å². The zero-order valence-electron chi connectivity index (χ0n) is 14.4. The van der Waals surface area contributed by atoms with Crippen molar-refractivity contribution in [3.63, 3.8) is 0 Å². The molecule has 1 aromatic heterocycles. The van der Waals surface area contributed by atoms with Crippen molar-refractivity contribution in [2.45, 2.75) is 26.5 Å². The second-order valence-corrected chi connectivity index (χ2v) is 5.95. The molecular weight excluding hydrogens is 332 g/mol. The van der Waals surface area contributed by atoms with Gasteiger partial charge in [-0.1, -0.05) is 48.6 Å². The fourth-order valence-corrected chi connectivity index (χ4v) is 2.79. The van der Waals surface area contributed by atoms with Crippen LogP contribution in [0.15, 0.2) is 73.3 Å². The van der Waals surface area contributed by atoms with Gasteiger partial charge in [-0.2, -0.15) is 0 Å². The number of nitrogens with zero attached hydrogens (tertiary/aromatic N) is 2. The number of fused-ring (bicyclic) bond motifs is 1. The first-order chi connectivity index (χ1) is 11.7. The van der Waals surface area contributed by atoms with E-state index in [4.69, 9.17) is 9.72 Å². The average molecular weight is 355 g/mol. The van der Waals surface area contributed by atoms with E-state index in [0.29, 0.717) is 6.61 Å². The monoisotopic (exact) mass is 354 g/mol. The smallest absolute Gasteiger partial charge is 0.148 e. The van der Waals surface area contributed by atoms with Crippen molar-refractivity contribution in [1.82, 2.24) is 9.55 Å². The lowest BCUT2D eigenvalue weighted by Crippen LogP contribution is -2.08. The van der Waals surface area contributed by atoms with E-state index < -0.39 is 0 Å². The molecule has 0 amide bonds. The van der Waals surface area contributed by atoms with Crippen molar-refractivity contribution in [3.05, 3.63) is 84.7 Å². The summed E-state index contributed by atoms with van der Waals surface area (Å²) in [6.45, 7) is 11.0. The second kappa shape index (κ2) is 8.54. The Morgan fingerprint density at radius 1 is 1.16 bits per heavy atom. The van der Waals surface area contributed by atoms with E-state index in [1.54, 1.807) is 0 Å². The van der Waals surface area contributed by atoms with Crippen LogP contribution >= 0.6 is 12.4 Å². The van der Waals surface area contributed by atoms with Gasteiger partial charge in [0, 0.05) is 6.54 Å². The molecule has 3 rings (SSSR count). The van der Waals surface area contributed by atoms with Gasteiger partial charge in [0.1, 0.15) is 18.2 Å². The van der Waals surface area contributed by atoms with Crippen LogP contribution in [-0.2, 0) is 19.6 Å². The van der Waals surface area contributed by atoms with Crippen molar-refractivity contribution in [2.24, 2.45) is 0 Å². The van der Waals surface area contributed by atoms with Gasteiger partial charge in [-0.3, -0.25) is 0 Å². The van der Waals surface area contributed by atoms with Gasteiger partial charge >= 0.3 is 0 Å². The van der Waals surface area contributed by atoms with Crippen LogP contribution in [0.3, 0.4) is 0 Å². The lowest BCUT2D eigenvalue weighted by atomic mass is 10.1. The molecule has 0 atom stereocenters. The molecule has 4 heteroatoms. The number of para-hydroxylation sites is 3. The molecule has 0 spiro atoms. The van der Waals surface area contributed by atoms with Crippen molar-refractivity contribution in [2.75, 3.05) is 0 Å². The maximum Gasteiger partial charge on any atom is 0.148 e. The Kier molecular flexibility index (Phi) is 6.43. The zero-order chi connectivity index (χ0) is 16.9. The van der Waals surface area contributed by atoms with Crippen molar-refractivity contribution in [1.29, 1.82) is 0 Å². The first-order valence-corrected chi connectivity index (χ1v) is 8.09. The van der Waals surface area contributed by atoms with E-state index in [9.17, 15) is 0 Å². The molecule has 0 saturated carbocycles. The van der Waals surface area contributed by atoms with Gasteiger partial charge in [0.2, 0.25) is 0 Å². The van der Waals surface area contributed by atoms with Gasteiger partial charge in [-0.25, -0.2) is 4.98 Å². The van der Waals surface area contributed by atoms with Crippen LogP contribution in [-0.4, -0.2) is 9.55 Å². The fourth-order valence-electron chi connectivity index (χ4n) is 2.79. The Balaban J connectivity index is 0.00000225. The van der Waals surface area contributed by atoms with Crippen LogP contribution in [0.4, 0.5) is 0 Å². The summed E-state index contributed by atoms with van der Waals surface area (Å²) >= 11 is 0. The number of halogens is 1. The molecule has 0 bridgehead atoms. The summed E-state index contributed by atoms with van der Waals surface area (Å²) in [5, 5.41) is 0. The van der Waals surface area contributed by atoms with Crippen molar-refractivity contribution in [3.8, 4) is 5.75 Å². The lowest BCUT2D eigenvalue weighted by Gasteiger charge is -2.12. The Hall–Kier alpha value is -2.52. The van der Waals surface area contributed by atoms with Crippen LogP contribution in [0.2, 0.25) is 0 Å². The van der Waals surface area contributed by atoms with E-state index in [2.05, 4.69) is 29.9 Å². The van der Waals surface area contributed by atoms with Gasteiger partial charge in [-0.05, 0) is 37.1 Å². The predicted octanol–water partition coefficient (Wildman–Crippen LogP) is 5.34. The lowest BCUT2D eigenvalue weighted by molar-refractivity contribution is 0.288. The molecule has 2 aromatic carbocycles. The maximum absolute atomic E-state index is 6.07. The Bertz CT molecular complexity index is 882. The van der Waals surface area contributed by atoms with Crippen molar-refractivity contribution >= 4 is 23.4 Å². The molecule has 3 nitrogen and oxygen atoms in total. The first-order valence-electron chi connectivity index (χ1n) is 8.09. The Morgan fingerprint density at radius 2 is 1.88 bits per heavy atom. The fraction of sp³-hybridized carbons (Fsp3) is 0.190. The summed E-state index contributed by atoms with van der Waals surface area (Å²) in [6, 6.07) is 16.2. The molecule has 1 heterocycles. The highest BCUT2D eigenvalue weighted by Gasteiger charge is 2.12. The first kappa shape index (κ1) is 18.8. The third-order valence-corrected chi connectivity index (χ3v) is 3.86. The highest BCUT2D eigenvalue weighted by molar-refractivity contribution is 5.85. The van der Waals surface area contributed by atoms with E-state index in [1.807, 2.05) is 49.4 Å². The minimum Gasteiger partial charge on any atom is -0.485 e. The molecule has 0 saturated heterocycles. The van der Waals surface area contributed by atoms with Crippen molar-refractivity contribution < 1.29 is 4.74 Å².